The largest absolute Gasteiger partial charge is 0.480 e. The van der Waals surface area contributed by atoms with E-state index >= 15 is 0 Å². The Morgan fingerprint density at radius 1 is 0.767 bits per heavy atom. The minimum atomic E-state index is -1.74. The second-order valence-electron chi connectivity index (χ2n) is 6.79. The number of rotatable bonds is 12. The first-order valence-electron chi connectivity index (χ1n) is 8.91. The van der Waals surface area contributed by atoms with Crippen LogP contribution in [0.4, 0.5) is 0 Å². The van der Waals surface area contributed by atoms with Gasteiger partial charge in [0.15, 0.2) is 6.04 Å². The Morgan fingerprint density at radius 3 is 1.60 bits per heavy atom. The molecule has 0 fully saturated rings. The molecule has 0 saturated heterocycles. The fraction of sp³-hybridized carbons (Fsp3) is 0.688. The van der Waals surface area contributed by atoms with Crippen LogP contribution < -0.4 is 27.4 Å². The molecule has 0 rings (SSSR count). The zero-order valence-corrected chi connectivity index (χ0v) is 16.7. The molecule has 0 radical (unpaired) electrons. The normalized spacial score (nSPS) is 18.0. The van der Waals surface area contributed by atoms with Crippen LogP contribution in [0, 0.1) is 0 Å². The van der Waals surface area contributed by atoms with Crippen LogP contribution >= 0.6 is 0 Å². The molecule has 0 aliphatic rings. The minimum absolute atomic E-state index is 0.739. The summed E-state index contributed by atoms with van der Waals surface area (Å²) in [7, 11) is 0. The number of carboxylic acids is 1. The SMILES string of the molecule is CC(O)C(N)C(=O)NC(C(=O)NC(CC(N)=O)C(=O)NC(C(=O)O)C(C)O)C(C)O. The van der Waals surface area contributed by atoms with Gasteiger partial charge in [-0.3, -0.25) is 19.2 Å². The first-order chi connectivity index (χ1) is 13.7. The highest BCUT2D eigenvalue weighted by Gasteiger charge is 2.34. The Labute approximate surface area is 172 Å². The Hall–Kier alpha value is -2.81. The van der Waals surface area contributed by atoms with Crippen molar-refractivity contribution in [1.82, 2.24) is 16.0 Å². The number of carboxylic acid groups (broad SMARTS) is 1. The van der Waals surface area contributed by atoms with Gasteiger partial charge in [-0.2, -0.15) is 0 Å². The lowest BCUT2D eigenvalue weighted by Crippen LogP contribution is -2.61. The number of aliphatic carboxylic acids is 1. The highest BCUT2D eigenvalue weighted by Crippen LogP contribution is 2.02. The third kappa shape index (κ3) is 8.69. The molecule has 0 aromatic carbocycles. The zero-order chi connectivity index (χ0) is 23.8. The first kappa shape index (κ1) is 27.2. The quantitative estimate of drug-likeness (QED) is 0.141. The minimum Gasteiger partial charge on any atom is -0.480 e. The summed E-state index contributed by atoms with van der Waals surface area (Å²) in [6.45, 7) is 3.48. The van der Waals surface area contributed by atoms with Gasteiger partial charge in [0.25, 0.3) is 0 Å². The van der Waals surface area contributed by atoms with Crippen LogP contribution in [-0.2, 0) is 24.0 Å². The van der Waals surface area contributed by atoms with E-state index in [9.17, 15) is 39.3 Å². The summed E-state index contributed by atoms with van der Waals surface area (Å²) < 4.78 is 0. The molecule has 0 bridgehead atoms. The van der Waals surface area contributed by atoms with Gasteiger partial charge in [0.1, 0.15) is 18.1 Å². The van der Waals surface area contributed by atoms with Gasteiger partial charge in [-0.05, 0) is 20.8 Å². The highest BCUT2D eigenvalue weighted by atomic mass is 16.4. The van der Waals surface area contributed by atoms with Crippen LogP contribution in [-0.4, -0.2) is 92.5 Å². The van der Waals surface area contributed by atoms with Gasteiger partial charge in [0, 0.05) is 0 Å². The molecule has 11 N–H and O–H groups in total. The maximum atomic E-state index is 12.5. The topological polar surface area (TPSA) is 254 Å². The molecule has 0 heterocycles. The molecule has 30 heavy (non-hydrogen) atoms. The Bertz CT molecular complexity index is 653. The molecule has 7 atom stereocenters. The van der Waals surface area contributed by atoms with E-state index in [1.54, 1.807) is 0 Å². The van der Waals surface area contributed by atoms with Gasteiger partial charge in [0.2, 0.25) is 23.6 Å². The average Bonchev–Trinajstić information content (AvgIpc) is 2.60. The summed E-state index contributed by atoms with van der Waals surface area (Å²) >= 11 is 0. The van der Waals surface area contributed by atoms with Crippen LogP contribution in [0.5, 0.6) is 0 Å². The van der Waals surface area contributed by atoms with E-state index in [1.807, 2.05) is 5.32 Å². The summed E-state index contributed by atoms with van der Waals surface area (Å²) in [6, 6.07) is -6.44. The van der Waals surface area contributed by atoms with E-state index in [0.29, 0.717) is 0 Å². The number of hydrogen-bond acceptors (Lipinski definition) is 9. The van der Waals surface area contributed by atoms with E-state index in [2.05, 4.69) is 10.6 Å². The smallest absolute Gasteiger partial charge is 0.328 e. The third-order valence-electron chi connectivity index (χ3n) is 3.97. The van der Waals surface area contributed by atoms with E-state index in [1.165, 1.54) is 6.92 Å². The summed E-state index contributed by atoms with van der Waals surface area (Å²) in [5.74, 6) is -5.81. The van der Waals surface area contributed by atoms with Crippen molar-refractivity contribution in [2.75, 3.05) is 0 Å². The Kier molecular flexibility index (Phi) is 10.9. The molecule has 172 valence electrons. The van der Waals surface area contributed by atoms with Gasteiger partial charge >= 0.3 is 5.97 Å². The summed E-state index contributed by atoms with van der Waals surface area (Å²) in [5.41, 5.74) is 10.5. The number of nitrogens with two attached hydrogens (primary N) is 2. The Morgan fingerprint density at radius 2 is 1.23 bits per heavy atom. The van der Waals surface area contributed by atoms with E-state index in [4.69, 9.17) is 16.6 Å². The first-order valence-corrected chi connectivity index (χ1v) is 8.91. The van der Waals surface area contributed by atoms with Crippen molar-refractivity contribution in [1.29, 1.82) is 0 Å². The zero-order valence-electron chi connectivity index (χ0n) is 16.7. The predicted molar refractivity (Wildman–Crippen MR) is 100 cm³/mol. The second-order valence-corrected chi connectivity index (χ2v) is 6.79. The fourth-order valence-corrected chi connectivity index (χ4v) is 2.19. The maximum Gasteiger partial charge on any atom is 0.328 e. The van der Waals surface area contributed by atoms with E-state index in [0.717, 1.165) is 13.8 Å². The number of hydrogen-bond donors (Lipinski definition) is 9. The van der Waals surface area contributed by atoms with E-state index in [-0.39, 0.29) is 0 Å². The Balaban J connectivity index is 5.47. The summed E-state index contributed by atoms with van der Waals surface area (Å²) in [5, 5.41) is 43.8. The molecular formula is C16H29N5O9. The lowest BCUT2D eigenvalue weighted by atomic mass is 10.1. The van der Waals surface area contributed by atoms with Crippen molar-refractivity contribution in [3.8, 4) is 0 Å². The van der Waals surface area contributed by atoms with Crippen molar-refractivity contribution in [2.45, 2.75) is 69.7 Å². The summed E-state index contributed by atoms with van der Waals surface area (Å²) in [4.78, 5) is 59.1. The number of aliphatic hydroxyl groups excluding tert-OH is 3. The van der Waals surface area contributed by atoms with Crippen LogP contribution in [0.15, 0.2) is 0 Å². The highest BCUT2D eigenvalue weighted by molar-refractivity contribution is 5.96. The van der Waals surface area contributed by atoms with Crippen molar-refractivity contribution >= 4 is 29.6 Å². The monoisotopic (exact) mass is 435 g/mol. The lowest BCUT2D eigenvalue weighted by Gasteiger charge is -2.26. The van der Waals surface area contributed by atoms with Gasteiger partial charge < -0.3 is 47.8 Å². The van der Waals surface area contributed by atoms with Crippen molar-refractivity contribution in [2.24, 2.45) is 11.5 Å². The maximum absolute atomic E-state index is 12.5. The molecule has 0 saturated carbocycles. The number of aliphatic hydroxyl groups is 3. The standard InChI is InChI=1S/C16H29N5O9/c1-5(22)10(18)14(27)20-11(6(2)23)15(28)19-8(4-9(17)25)13(26)21-12(7(3)24)16(29)30/h5-8,10-12,22-24H,4,18H2,1-3H3,(H2,17,25)(H,19,28)(H,20,27)(H,21,26)(H,29,30). The van der Waals surface area contributed by atoms with Crippen molar-refractivity contribution in [3.63, 3.8) is 0 Å². The van der Waals surface area contributed by atoms with Gasteiger partial charge in [-0.1, -0.05) is 0 Å². The number of primary amides is 1. The van der Waals surface area contributed by atoms with Crippen molar-refractivity contribution in [3.05, 3.63) is 0 Å². The lowest BCUT2D eigenvalue weighted by molar-refractivity contribution is -0.145. The van der Waals surface area contributed by atoms with Crippen LogP contribution in [0.25, 0.3) is 0 Å². The second kappa shape index (κ2) is 12.0. The molecular weight excluding hydrogens is 406 g/mol. The predicted octanol–water partition coefficient (Wildman–Crippen LogP) is -5.13. The van der Waals surface area contributed by atoms with Crippen LogP contribution in [0.1, 0.15) is 27.2 Å². The van der Waals surface area contributed by atoms with Crippen LogP contribution in [0.3, 0.4) is 0 Å². The molecule has 7 unspecified atom stereocenters. The molecule has 14 heteroatoms. The number of carbonyl (C=O) groups is 5. The summed E-state index contributed by atoms with van der Waals surface area (Å²) in [6.07, 6.45) is -4.97. The number of amides is 4. The van der Waals surface area contributed by atoms with Gasteiger partial charge in [-0.25, -0.2) is 4.79 Å². The molecule has 0 spiro atoms. The number of carbonyl (C=O) groups excluding carboxylic acids is 4. The van der Waals surface area contributed by atoms with Gasteiger partial charge in [-0.15, -0.1) is 0 Å². The molecule has 14 nitrogen and oxygen atoms in total. The molecule has 0 aromatic rings. The van der Waals surface area contributed by atoms with Crippen LogP contribution in [0.2, 0.25) is 0 Å². The molecule has 0 aliphatic heterocycles. The van der Waals surface area contributed by atoms with E-state index < -0.39 is 78.5 Å². The molecule has 0 aliphatic carbocycles. The van der Waals surface area contributed by atoms with Gasteiger partial charge in [0.05, 0.1) is 24.7 Å². The fourth-order valence-electron chi connectivity index (χ4n) is 2.19. The number of nitrogens with one attached hydrogen (secondary N) is 3. The van der Waals surface area contributed by atoms with Crippen molar-refractivity contribution < 1.29 is 44.4 Å². The average molecular weight is 435 g/mol. The molecule has 0 aromatic heterocycles. The third-order valence-corrected chi connectivity index (χ3v) is 3.97. The molecule has 4 amide bonds.